The van der Waals surface area contributed by atoms with Gasteiger partial charge in [0.05, 0.1) is 11.0 Å². The summed E-state index contributed by atoms with van der Waals surface area (Å²) in [7, 11) is 0. The summed E-state index contributed by atoms with van der Waals surface area (Å²) in [5.41, 5.74) is 0.218. The highest BCUT2D eigenvalue weighted by atomic mass is 16.4. The molecule has 0 aliphatic carbocycles. The maximum absolute atomic E-state index is 13.0. The predicted molar refractivity (Wildman–Crippen MR) is 97.2 cm³/mol. The maximum Gasteiger partial charge on any atom is 0.311 e. The minimum absolute atomic E-state index is 0.148. The van der Waals surface area contributed by atoms with Crippen molar-refractivity contribution in [2.45, 2.75) is 19.8 Å². The quantitative estimate of drug-likeness (QED) is 0.858. The van der Waals surface area contributed by atoms with E-state index in [1.165, 1.54) is 0 Å². The monoisotopic (exact) mass is 351 g/mol. The fourth-order valence-electron chi connectivity index (χ4n) is 3.37. The van der Waals surface area contributed by atoms with Crippen molar-refractivity contribution in [3.63, 3.8) is 0 Å². The molecule has 134 valence electrons. The Bertz CT molecular complexity index is 846. The number of ketones is 1. The lowest BCUT2D eigenvalue weighted by Crippen LogP contribution is -2.48. The Morgan fingerprint density at radius 1 is 0.962 bits per heavy atom. The number of carboxylic acid groups (broad SMARTS) is 1. The third kappa shape index (κ3) is 3.38. The standard InChI is InChI=1S/C21H21NO4/c1-21(20(25)26)12-7-13-22(14-21)19(24)17-11-6-5-10-16(17)18(23)15-8-3-2-4-9-15/h2-6,8-11H,7,12-14H2,1H3,(H,25,26). The topological polar surface area (TPSA) is 74.7 Å². The first-order valence-corrected chi connectivity index (χ1v) is 8.64. The zero-order valence-electron chi connectivity index (χ0n) is 14.6. The molecule has 0 aromatic heterocycles. The lowest BCUT2D eigenvalue weighted by molar-refractivity contribution is -0.150. The molecule has 0 radical (unpaired) electrons. The van der Waals surface area contributed by atoms with Gasteiger partial charge in [0.1, 0.15) is 0 Å². The Kier molecular flexibility index (Phi) is 4.89. The van der Waals surface area contributed by atoms with E-state index in [1.54, 1.807) is 60.4 Å². The van der Waals surface area contributed by atoms with E-state index in [2.05, 4.69) is 0 Å². The number of piperidine rings is 1. The Morgan fingerprint density at radius 2 is 1.58 bits per heavy atom. The smallest absolute Gasteiger partial charge is 0.311 e. The van der Waals surface area contributed by atoms with E-state index in [-0.39, 0.29) is 18.2 Å². The second-order valence-electron chi connectivity index (χ2n) is 6.94. The zero-order valence-corrected chi connectivity index (χ0v) is 14.6. The van der Waals surface area contributed by atoms with Crippen LogP contribution in [0.15, 0.2) is 54.6 Å². The summed E-state index contributed by atoms with van der Waals surface area (Å²) >= 11 is 0. The number of aliphatic carboxylic acids is 1. The van der Waals surface area contributed by atoms with E-state index < -0.39 is 11.4 Å². The van der Waals surface area contributed by atoms with Crippen molar-refractivity contribution >= 4 is 17.7 Å². The Labute approximate surface area is 152 Å². The van der Waals surface area contributed by atoms with E-state index in [0.29, 0.717) is 36.1 Å². The highest BCUT2D eigenvalue weighted by molar-refractivity contribution is 6.15. The van der Waals surface area contributed by atoms with Crippen LogP contribution in [0, 0.1) is 5.41 Å². The molecule has 1 saturated heterocycles. The van der Waals surface area contributed by atoms with Crippen molar-refractivity contribution < 1.29 is 19.5 Å². The van der Waals surface area contributed by atoms with Crippen LogP contribution < -0.4 is 0 Å². The first-order chi connectivity index (χ1) is 12.4. The van der Waals surface area contributed by atoms with Gasteiger partial charge in [0.2, 0.25) is 0 Å². The third-order valence-corrected chi connectivity index (χ3v) is 4.94. The summed E-state index contributed by atoms with van der Waals surface area (Å²) in [5.74, 6) is -1.41. The van der Waals surface area contributed by atoms with Crippen LogP contribution in [0.2, 0.25) is 0 Å². The minimum Gasteiger partial charge on any atom is -0.481 e. The van der Waals surface area contributed by atoms with E-state index in [9.17, 15) is 19.5 Å². The van der Waals surface area contributed by atoms with Gasteiger partial charge in [-0.2, -0.15) is 0 Å². The Balaban J connectivity index is 1.91. The van der Waals surface area contributed by atoms with Gasteiger partial charge in [0.25, 0.3) is 5.91 Å². The second-order valence-corrected chi connectivity index (χ2v) is 6.94. The zero-order chi connectivity index (χ0) is 18.7. The van der Waals surface area contributed by atoms with Gasteiger partial charge in [-0.15, -0.1) is 0 Å². The number of nitrogens with zero attached hydrogens (tertiary/aromatic N) is 1. The molecular formula is C21H21NO4. The molecule has 5 nitrogen and oxygen atoms in total. The summed E-state index contributed by atoms with van der Waals surface area (Å²) in [6.45, 7) is 2.31. The summed E-state index contributed by atoms with van der Waals surface area (Å²) < 4.78 is 0. The van der Waals surface area contributed by atoms with Gasteiger partial charge in [-0.05, 0) is 25.8 Å². The molecule has 0 bridgehead atoms. The maximum atomic E-state index is 13.0. The van der Waals surface area contributed by atoms with Crippen molar-refractivity contribution in [1.29, 1.82) is 0 Å². The SMILES string of the molecule is CC1(C(=O)O)CCCN(C(=O)c2ccccc2C(=O)c2ccccc2)C1. The van der Waals surface area contributed by atoms with Gasteiger partial charge < -0.3 is 10.0 Å². The molecular weight excluding hydrogens is 330 g/mol. The molecule has 26 heavy (non-hydrogen) atoms. The normalized spacial score (nSPS) is 19.8. The van der Waals surface area contributed by atoms with Crippen LogP contribution >= 0.6 is 0 Å². The first kappa shape index (κ1) is 17.9. The van der Waals surface area contributed by atoms with Crippen LogP contribution in [0.5, 0.6) is 0 Å². The van der Waals surface area contributed by atoms with Crippen LogP contribution in [0.4, 0.5) is 0 Å². The molecule has 1 amide bonds. The van der Waals surface area contributed by atoms with E-state index in [1.807, 2.05) is 6.07 Å². The average molecular weight is 351 g/mol. The second kappa shape index (κ2) is 7.12. The number of likely N-dealkylation sites (tertiary alicyclic amines) is 1. The van der Waals surface area contributed by atoms with Crippen molar-refractivity contribution in [2.75, 3.05) is 13.1 Å². The number of benzene rings is 2. The summed E-state index contributed by atoms with van der Waals surface area (Å²) in [6.07, 6.45) is 1.17. The average Bonchev–Trinajstić information content (AvgIpc) is 2.67. The van der Waals surface area contributed by atoms with E-state index in [4.69, 9.17) is 0 Å². The number of amides is 1. The fraction of sp³-hybridized carbons (Fsp3) is 0.286. The van der Waals surface area contributed by atoms with Crippen LogP contribution in [0.3, 0.4) is 0 Å². The molecule has 1 aliphatic rings. The lowest BCUT2D eigenvalue weighted by Gasteiger charge is -2.37. The van der Waals surface area contributed by atoms with Crippen LogP contribution in [0.25, 0.3) is 0 Å². The molecule has 0 spiro atoms. The number of carbonyl (C=O) groups is 3. The number of rotatable bonds is 4. The van der Waals surface area contributed by atoms with Crippen molar-refractivity contribution in [2.24, 2.45) is 5.41 Å². The van der Waals surface area contributed by atoms with Crippen molar-refractivity contribution in [3.8, 4) is 0 Å². The molecule has 2 aromatic rings. The number of hydrogen-bond donors (Lipinski definition) is 1. The molecule has 1 unspecified atom stereocenters. The Hall–Kier alpha value is -2.95. The fourth-order valence-corrected chi connectivity index (χ4v) is 3.37. The predicted octanol–water partition coefficient (Wildman–Crippen LogP) is 3.24. The van der Waals surface area contributed by atoms with E-state index >= 15 is 0 Å². The molecule has 0 saturated carbocycles. The first-order valence-electron chi connectivity index (χ1n) is 8.64. The molecule has 1 heterocycles. The van der Waals surface area contributed by atoms with Gasteiger partial charge in [-0.1, -0.05) is 48.5 Å². The number of carboxylic acids is 1. The molecule has 1 N–H and O–H groups in total. The highest BCUT2D eigenvalue weighted by Gasteiger charge is 2.40. The molecule has 1 aliphatic heterocycles. The largest absolute Gasteiger partial charge is 0.481 e. The van der Waals surface area contributed by atoms with Gasteiger partial charge in [-0.3, -0.25) is 14.4 Å². The van der Waals surface area contributed by atoms with Crippen LogP contribution in [0.1, 0.15) is 46.0 Å². The summed E-state index contributed by atoms with van der Waals surface area (Å²) in [6, 6.07) is 15.5. The number of carbonyl (C=O) groups excluding carboxylic acids is 2. The molecule has 3 rings (SSSR count). The van der Waals surface area contributed by atoms with Crippen molar-refractivity contribution in [1.82, 2.24) is 4.90 Å². The number of hydrogen-bond acceptors (Lipinski definition) is 3. The van der Waals surface area contributed by atoms with Gasteiger partial charge in [0, 0.05) is 24.2 Å². The lowest BCUT2D eigenvalue weighted by atomic mass is 9.81. The van der Waals surface area contributed by atoms with Gasteiger partial charge >= 0.3 is 5.97 Å². The molecule has 1 atom stereocenters. The van der Waals surface area contributed by atoms with Gasteiger partial charge in [0.15, 0.2) is 5.78 Å². The molecule has 5 heteroatoms. The highest BCUT2D eigenvalue weighted by Crippen LogP contribution is 2.31. The Morgan fingerprint density at radius 3 is 2.23 bits per heavy atom. The summed E-state index contributed by atoms with van der Waals surface area (Å²) in [4.78, 5) is 39.0. The third-order valence-electron chi connectivity index (χ3n) is 4.94. The van der Waals surface area contributed by atoms with E-state index in [0.717, 1.165) is 0 Å². The van der Waals surface area contributed by atoms with Crippen LogP contribution in [-0.2, 0) is 4.79 Å². The molecule has 2 aromatic carbocycles. The summed E-state index contributed by atoms with van der Waals surface area (Å²) in [5, 5.41) is 9.47. The van der Waals surface area contributed by atoms with Gasteiger partial charge in [-0.25, -0.2) is 0 Å². The van der Waals surface area contributed by atoms with Crippen LogP contribution in [-0.4, -0.2) is 40.8 Å². The molecule has 1 fully saturated rings. The minimum atomic E-state index is -0.952. The van der Waals surface area contributed by atoms with Crippen molar-refractivity contribution in [3.05, 3.63) is 71.3 Å².